The quantitative estimate of drug-likeness (QED) is 0.620. The van der Waals surface area contributed by atoms with Crippen LogP contribution in [-0.2, 0) is 6.54 Å². The van der Waals surface area contributed by atoms with Crippen molar-refractivity contribution in [1.82, 2.24) is 15.0 Å². The number of pyridine rings is 3. The average molecular weight is 406 g/mol. The van der Waals surface area contributed by atoms with Crippen LogP contribution < -0.4 is 19.1 Å². The predicted octanol–water partition coefficient (Wildman–Crippen LogP) is 3.42. The summed E-state index contributed by atoms with van der Waals surface area (Å²) in [5, 5.41) is 0. The normalized spacial score (nSPS) is 12.7. The van der Waals surface area contributed by atoms with Crippen LogP contribution in [0.4, 0.5) is 5.69 Å². The van der Waals surface area contributed by atoms with Gasteiger partial charge >= 0.3 is 0 Å². The predicted molar refractivity (Wildman–Crippen MR) is 111 cm³/mol. The van der Waals surface area contributed by atoms with Crippen LogP contribution in [0.2, 0.25) is 0 Å². The minimum atomic E-state index is -0.0852. The third-order valence-electron chi connectivity index (χ3n) is 4.91. The number of hydrogen-bond acceptors (Lipinski definition) is 7. The third kappa shape index (κ3) is 3.41. The number of carbonyl (C=O) groups excluding carboxylic acids is 1. The Hall–Kier alpha value is -3.68. The molecule has 0 radical (unpaired) electrons. The van der Waals surface area contributed by atoms with Crippen molar-refractivity contribution >= 4 is 11.6 Å². The molecule has 3 aromatic heterocycles. The van der Waals surface area contributed by atoms with Crippen molar-refractivity contribution in [2.45, 2.75) is 20.4 Å². The highest BCUT2D eigenvalue weighted by molar-refractivity contribution is 6.10. The molecule has 0 unspecified atom stereocenters. The fraction of sp³-hybridized carbons (Fsp3) is 0.273. The third-order valence-corrected chi connectivity index (χ3v) is 4.91. The lowest BCUT2D eigenvalue weighted by atomic mass is 10.1. The smallest absolute Gasteiger partial charge is 0.260 e. The zero-order chi connectivity index (χ0) is 21.3. The number of aryl methyl sites for hydroxylation is 1. The molecule has 0 saturated heterocycles. The van der Waals surface area contributed by atoms with Gasteiger partial charge in [0.1, 0.15) is 0 Å². The molecule has 1 aliphatic rings. The van der Waals surface area contributed by atoms with E-state index in [1.54, 1.807) is 30.5 Å². The Labute approximate surface area is 174 Å². The monoisotopic (exact) mass is 406 g/mol. The molecule has 0 fully saturated rings. The van der Waals surface area contributed by atoms with Gasteiger partial charge in [0.25, 0.3) is 11.8 Å². The molecular formula is C22H22N4O4. The number of rotatable bonds is 6. The standard InChI is InChI=1S/C22H22N4O4/c1-5-30-19-7-6-15(11-23-19)26-12-17-20(22(26)27)13(2)8-16(25-17)14-9-18(28-3)21(29-4)24-10-14/h6-11H,5,12H2,1-4H3. The molecule has 1 amide bonds. The fourth-order valence-electron chi connectivity index (χ4n) is 3.49. The zero-order valence-corrected chi connectivity index (χ0v) is 17.3. The van der Waals surface area contributed by atoms with Crippen LogP contribution in [-0.4, -0.2) is 41.7 Å². The highest BCUT2D eigenvalue weighted by Gasteiger charge is 2.32. The van der Waals surface area contributed by atoms with Gasteiger partial charge in [-0.25, -0.2) is 9.97 Å². The van der Waals surface area contributed by atoms with Crippen molar-refractivity contribution in [1.29, 1.82) is 0 Å². The molecule has 0 N–H and O–H groups in total. The lowest BCUT2D eigenvalue weighted by Crippen LogP contribution is -2.23. The van der Waals surface area contributed by atoms with Crippen LogP contribution in [0, 0.1) is 6.92 Å². The number of carbonyl (C=O) groups is 1. The highest BCUT2D eigenvalue weighted by atomic mass is 16.5. The summed E-state index contributed by atoms with van der Waals surface area (Å²) >= 11 is 0. The van der Waals surface area contributed by atoms with E-state index in [-0.39, 0.29) is 5.91 Å². The molecule has 0 saturated carbocycles. The molecule has 0 aromatic carbocycles. The topological polar surface area (TPSA) is 86.7 Å². The Morgan fingerprint density at radius 1 is 1.10 bits per heavy atom. The molecule has 0 bridgehead atoms. The minimum absolute atomic E-state index is 0.0852. The van der Waals surface area contributed by atoms with E-state index in [0.717, 1.165) is 22.5 Å². The van der Waals surface area contributed by atoms with Crippen LogP contribution in [0.25, 0.3) is 11.3 Å². The molecule has 154 valence electrons. The van der Waals surface area contributed by atoms with Crippen LogP contribution in [0.1, 0.15) is 28.5 Å². The Morgan fingerprint density at radius 2 is 1.93 bits per heavy atom. The average Bonchev–Trinajstić information content (AvgIpc) is 3.10. The number of fused-ring (bicyclic) bond motifs is 1. The van der Waals surface area contributed by atoms with Gasteiger partial charge in [-0.1, -0.05) is 0 Å². The lowest BCUT2D eigenvalue weighted by molar-refractivity contribution is 0.0996. The first kappa shape index (κ1) is 19.6. The van der Waals surface area contributed by atoms with E-state index in [1.165, 1.54) is 7.11 Å². The van der Waals surface area contributed by atoms with Gasteiger partial charge in [0.2, 0.25) is 5.88 Å². The van der Waals surface area contributed by atoms with Crippen molar-refractivity contribution in [3.05, 3.63) is 53.5 Å². The first-order chi connectivity index (χ1) is 14.5. The summed E-state index contributed by atoms with van der Waals surface area (Å²) in [5.74, 6) is 1.37. The summed E-state index contributed by atoms with van der Waals surface area (Å²) in [6.07, 6.45) is 3.32. The van der Waals surface area contributed by atoms with Gasteiger partial charge in [0.05, 0.1) is 56.2 Å². The maximum Gasteiger partial charge on any atom is 0.260 e. The van der Waals surface area contributed by atoms with Gasteiger partial charge in [-0.05, 0) is 37.6 Å². The molecule has 4 rings (SSSR count). The SMILES string of the molecule is CCOc1ccc(N2Cc3nc(-c4cnc(OC)c(OC)c4)cc(C)c3C2=O)cn1. The number of anilines is 1. The van der Waals surface area contributed by atoms with E-state index < -0.39 is 0 Å². The fourth-order valence-corrected chi connectivity index (χ4v) is 3.49. The zero-order valence-electron chi connectivity index (χ0n) is 17.3. The Balaban J connectivity index is 1.67. The summed E-state index contributed by atoms with van der Waals surface area (Å²) in [6, 6.07) is 7.30. The number of nitrogens with zero attached hydrogens (tertiary/aromatic N) is 4. The molecule has 0 atom stereocenters. The van der Waals surface area contributed by atoms with E-state index in [1.807, 2.05) is 32.0 Å². The number of ether oxygens (including phenoxy) is 3. The molecule has 0 spiro atoms. The number of amides is 1. The first-order valence-electron chi connectivity index (χ1n) is 9.55. The van der Waals surface area contributed by atoms with E-state index in [4.69, 9.17) is 19.2 Å². The number of aromatic nitrogens is 3. The van der Waals surface area contributed by atoms with Crippen molar-refractivity contribution in [2.75, 3.05) is 25.7 Å². The second kappa shape index (κ2) is 7.98. The first-order valence-corrected chi connectivity index (χ1v) is 9.55. The Bertz CT molecular complexity index is 1100. The second-order valence-electron chi connectivity index (χ2n) is 6.76. The number of methoxy groups -OCH3 is 2. The summed E-state index contributed by atoms with van der Waals surface area (Å²) in [4.78, 5) is 28.0. The van der Waals surface area contributed by atoms with Crippen LogP contribution >= 0.6 is 0 Å². The molecule has 4 heterocycles. The van der Waals surface area contributed by atoms with Crippen molar-refractivity contribution in [2.24, 2.45) is 0 Å². The van der Waals surface area contributed by atoms with Crippen molar-refractivity contribution in [3.63, 3.8) is 0 Å². The summed E-state index contributed by atoms with van der Waals surface area (Å²) in [6.45, 7) is 4.72. The maximum atomic E-state index is 13.0. The molecule has 8 nitrogen and oxygen atoms in total. The van der Waals surface area contributed by atoms with Crippen molar-refractivity contribution < 1.29 is 19.0 Å². The van der Waals surface area contributed by atoms with Crippen LogP contribution in [0.3, 0.4) is 0 Å². The Morgan fingerprint density at radius 3 is 2.60 bits per heavy atom. The molecule has 30 heavy (non-hydrogen) atoms. The van der Waals surface area contributed by atoms with Gasteiger partial charge < -0.3 is 19.1 Å². The van der Waals surface area contributed by atoms with Gasteiger partial charge in [-0.2, -0.15) is 0 Å². The number of hydrogen-bond donors (Lipinski definition) is 0. The van der Waals surface area contributed by atoms with Crippen molar-refractivity contribution in [3.8, 4) is 28.8 Å². The molecule has 3 aromatic rings. The Kier molecular flexibility index (Phi) is 5.22. The largest absolute Gasteiger partial charge is 0.491 e. The summed E-state index contributed by atoms with van der Waals surface area (Å²) < 4.78 is 15.9. The summed E-state index contributed by atoms with van der Waals surface area (Å²) in [5.41, 5.74) is 4.41. The van der Waals surface area contributed by atoms with E-state index in [2.05, 4.69) is 9.97 Å². The minimum Gasteiger partial charge on any atom is -0.491 e. The highest BCUT2D eigenvalue weighted by Crippen LogP contribution is 2.34. The molecule has 0 aliphatic carbocycles. The van der Waals surface area contributed by atoms with E-state index in [0.29, 0.717) is 41.9 Å². The van der Waals surface area contributed by atoms with Gasteiger partial charge in [-0.3, -0.25) is 9.78 Å². The molecular weight excluding hydrogens is 384 g/mol. The van der Waals surface area contributed by atoms with Gasteiger partial charge in [0, 0.05) is 17.8 Å². The van der Waals surface area contributed by atoms with Crippen LogP contribution in [0.5, 0.6) is 17.5 Å². The van der Waals surface area contributed by atoms with E-state index in [9.17, 15) is 4.79 Å². The van der Waals surface area contributed by atoms with Gasteiger partial charge in [-0.15, -0.1) is 0 Å². The molecule has 8 heteroatoms. The molecule has 1 aliphatic heterocycles. The van der Waals surface area contributed by atoms with E-state index >= 15 is 0 Å². The lowest BCUT2D eigenvalue weighted by Gasteiger charge is -2.15. The second-order valence-corrected chi connectivity index (χ2v) is 6.76. The maximum absolute atomic E-state index is 13.0. The van der Waals surface area contributed by atoms with Gasteiger partial charge in [0.15, 0.2) is 5.75 Å². The van der Waals surface area contributed by atoms with Crippen LogP contribution in [0.15, 0.2) is 36.7 Å². The summed E-state index contributed by atoms with van der Waals surface area (Å²) in [7, 11) is 3.10.